The summed E-state index contributed by atoms with van der Waals surface area (Å²) in [5, 5.41) is 0. The zero-order chi connectivity index (χ0) is 103. The maximum Gasteiger partial charge on any atom is 0.113 e. The quantitative estimate of drug-likeness (QED) is 0.0356. The maximum absolute atomic E-state index is 5.44. The normalized spacial score (nSPS) is 13.9. The molecule has 0 spiro atoms. The van der Waals surface area contributed by atoms with Crippen molar-refractivity contribution in [2.24, 2.45) is 0 Å². The minimum Gasteiger partial charge on any atom is -0.311 e. The fourth-order valence-corrected chi connectivity index (χ4v) is 29.1. The van der Waals surface area contributed by atoms with E-state index in [1.165, 1.54) is 465 Å². The molecule has 0 unspecified atom stereocenters. The summed E-state index contributed by atoms with van der Waals surface area (Å²) in [6, 6.07) is 103. The fraction of sp³-hybridized carbons (Fsp3) is 0.455. The summed E-state index contributed by atoms with van der Waals surface area (Å²) in [7, 11) is 0. The van der Waals surface area contributed by atoms with Crippen LogP contribution in [0.25, 0.3) is 133 Å². The summed E-state index contributed by atoms with van der Waals surface area (Å²) in [5.41, 5.74) is 47.6. The predicted octanol–water partition coefficient (Wildman–Crippen LogP) is 45.0. The number of hydrogen-bond donors (Lipinski definition) is 0. The number of fused-ring (bicyclic) bond motifs is 14. The van der Waals surface area contributed by atoms with Gasteiger partial charge in [0.2, 0.25) is 0 Å². The Morgan fingerprint density at radius 3 is 0.607 bits per heavy atom. The zero-order valence-electron chi connectivity index (χ0n) is 93.1. The average molecular weight is 2030 g/mol. The third kappa shape index (κ3) is 23.0. The van der Waals surface area contributed by atoms with Crippen molar-refractivity contribution in [2.75, 3.05) is 4.90 Å². The van der Waals surface area contributed by atoms with Crippen LogP contribution in [0.1, 0.15) is 439 Å². The number of rotatable bonds is 61. The predicted molar refractivity (Wildman–Crippen MR) is 651 cm³/mol. The molecule has 0 amide bonds. The lowest BCUT2D eigenvalue weighted by Gasteiger charge is -2.34. The number of para-hydroxylation sites is 2. The van der Waals surface area contributed by atoms with Gasteiger partial charge in [0.25, 0.3) is 0 Å². The first-order valence-electron chi connectivity index (χ1n) is 60.6. The second-order valence-corrected chi connectivity index (χ2v) is 47.3. The van der Waals surface area contributed by atoms with E-state index in [0.29, 0.717) is 0 Å². The fourth-order valence-electron chi connectivity index (χ4n) is 27.9. The zero-order valence-corrected chi connectivity index (χ0v) is 94.7. The molecule has 0 saturated carbocycles. The Morgan fingerprint density at radius 1 is 0.173 bits per heavy atom. The molecule has 0 fully saturated rings. The number of aryl methyl sites for hydroxylation is 1. The summed E-state index contributed by atoms with van der Waals surface area (Å²) in [6.45, 7) is 21.1. The molecule has 15 aromatic rings. The Morgan fingerprint density at radius 2 is 0.353 bits per heavy atom. The number of hydrogen-bond acceptors (Lipinski definition) is 7. The van der Waals surface area contributed by atoms with Crippen LogP contribution in [0.15, 0.2) is 255 Å². The Labute approximate surface area is 912 Å². The molecule has 782 valence electrons. The van der Waals surface area contributed by atoms with Gasteiger partial charge in [-0.3, -0.25) is 0 Å². The van der Waals surface area contributed by atoms with Gasteiger partial charge >= 0.3 is 0 Å². The van der Waals surface area contributed by atoms with Crippen LogP contribution in [-0.2, 0) is 21.7 Å². The first-order valence-corrected chi connectivity index (χ1v) is 62.1. The van der Waals surface area contributed by atoms with E-state index in [1.807, 2.05) is 0 Å². The topological polar surface area (TPSA) is 54.8 Å². The molecule has 0 aliphatic heterocycles. The van der Waals surface area contributed by atoms with Gasteiger partial charge in [0, 0.05) is 55.4 Å². The van der Waals surface area contributed by atoms with Crippen molar-refractivity contribution in [3.63, 3.8) is 0 Å². The summed E-state index contributed by atoms with van der Waals surface area (Å²) in [4.78, 5) is 2.38. The minimum atomic E-state index is -0.172. The van der Waals surface area contributed by atoms with Gasteiger partial charge in [-0.25, -0.2) is 0 Å². The molecule has 0 atom stereocenters. The van der Waals surface area contributed by atoms with Gasteiger partial charge in [0.15, 0.2) is 0 Å². The number of anilines is 3. The van der Waals surface area contributed by atoms with E-state index in [2.05, 4.69) is 322 Å². The molecule has 150 heavy (non-hydrogen) atoms. The highest BCUT2D eigenvalue weighted by Gasteiger charge is 2.49. The first-order chi connectivity index (χ1) is 74.0. The van der Waals surface area contributed by atoms with Gasteiger partial charge < -0.3 is 4.90 Å². The van der Waals surface area contributed by atoms with Gasteiger partial charge in [-0.2, -0.15) is 17.5 Å². The van der Waals surface area contributed by atoms with Crippen LogP contribution in [0, 0.1) is 6.92 Å². The molecule has 0 saturated heterocycles. The third-order valence-electron chi connectivity index (χ3n) is 36.2. The molecule has 5 nitrogen and oxygen atoms in total. The van der Waals surface area contributed by atoms with Crippen LogP contribution in [0.2, 0.25) is 0 Å². The molecule has 19 rings (SSSR count). The average Bonchev–Trinajstić information content (AvgIpc) is 1.55. The maximum atomic E-state index is 5.44. The largest absolute Gasteiger partial charge is 0.311 e. The van der Waals surface area contributed by atoms with Gasteiger partial charge in [-0.05, 0) is 288 Å². The van der Waals surface area contributed by atoms with Gasteiger partial charge in [0.05, 0.1) is 23.5 Å². The van der Waals surface area contributed by atoms with Crippen molar-refractivity contribution in [3.8, 4) is 111 Å². The molecule has 0 bridgehead atoms. The molecule has 13 aromatic carbocycles. The van der Waals surface area contributed by atoms with Crippen LogP contribution in [0.3, 0.4) is 0 Å². The second-order valence-electron chi connectivity index (χ2n) is 46.2. The number of benzene rings is 13. The van der Waals surface area contributed by atoms with Crippen molar-refractivity contribution >= 4 is 62.6 Å². The number of nitrogens with zero attached hydrogens (tertiary/aromatic N) is 5. The lowest BCUT2D eigenvalue weighted by molar-refractivity contribution is 0.398. The Bertz CT molecular complexity index is 6840. The van der Waals surface area contributed by atoms with Crippen molar-refractivity contribution in [2.45, 2.75) is 418 Å². The third-order valence-corrected chi connectivity index (χ3v) is 37.3. The van der Waals surface area contributed by atoms with Gasteiger partial charge in [-0.1, -0.05) is 508 Å². The van der Waals surface area contributed by atoms with E-state index in [1.54, 1.807) is 27.8 Å². The monoisotopic (exact) mass is 2020 g/mol. The summed E-state index contributed by atoms with van der Waals surface area (Å²) >= 11 is 2.75. The second kappa shape index (κ2) is 51.8. The van der Waals surface area contributed by atoms with Gasteiger partial charge in [-0.15, -0.1) is 0 Å². The molecule has 2 heterocycles. The van der Waals surface area contributed by atoms with E-state index >= 15 is 0 Å². The van der Waals surface area contributed by atoms with Crippen LogP contribution < -0.4 is 4.90 Å². The van der Waals surface area contributed by atoms with Crippen LogP contribution >= 0.6 is 23.5 Å². The SMILES string of the molecule is CCCCCCCCC1(CCCCCCCC)c2cc(-c3ccc4c(c3)C(CCCCCC)(CCCCCC)c3cc(-c5ccc6c(c5)C(CCCCCCCC)(CCCCCCCC)c5cc(-c7ccc(-c8ccc9c(c8)C(CCCCCCCC)(CCCCCCCC)c8cc(-c%10ccc(N(c%11ccccc%11)c%11ccccc%11)cc%10)ccc8-9)c8nsnc78)ccc5-6)ccc3-4)ccc2-c2ccc(-c3ccc(C)c4nsnc34)cc21. The lowest BCUT2D eigenvalue weighted by atomic mass is 9.69. The molecule has 0 radical (unpaired) electrons. The highest BCUT2D eigenvalue weighted by Crippen LogP contribution is 2.63. The van der Waals surface area contributed by atoms with E-state index in [9.17, 15) is 0 Å². The highest BCUT2D eigenvalue weighted by atomic mass is 32.1. The van der Waals surface area contributed by atoms with E-state index in [-0.39, 0.29) is 21.7 Å². The Balaban J connectivity index is 0.688. The molecule has 4 aliphatic carbocycles. The van der Waals surface area contributed by atoms with Crippen LogP contribution in [0.4, 0.5) is 17.1 Å². The number of aromatic nitrogens is 4. The summed E-state index contributed by atoms with van der Waals surface area (Å²) in [5.74, 6) is 0. The van der Waals surface area contributed by atoms with Crippen molar-refractivity contribution in [3.05, 3.63) is 305 Å². The smallest absolute Gasteiger partial charge is 0.113 e. The van der Waals surface area contributed by atoms with Crippen molar-refractivity contribution < 1.29 is 0 Å². The molecular formula is C143H173N5S2. The first kappa shape index (κ1) is 108. The molecule has 2 aromatic heterocycles. The standard InChI is InChI=1S/C143H173N5S2/c1-10-18-26-34-40-54-90-141(91-55-41-35-27-19-11-2)128-96-106(105-65-75-116(76-66-105)148(114-60-48-46-49-61-114)115-62-50-47-51-63-115)67-78-120(128)125-84-73-112(102-134(125)141)118-86-87-119(139-138(118)146-150-147-139)113-74-85-127-124-82-71-110(100-132(124)143(135(127)103-113,94-58-44-38-30-22-14-5)95-59-45-39-31-23-15-6)108-69-80-122-121-79-68-107(97-129(121)140(130(122)98-108,88-52-32-24-16-7)89-53-33-25-17-8)109-70-81-123-126-83-72-111(117-77-64-104(9)136-137(117)145-149-144-136)101-133(126)142(131(123)99-109,92-56-42-36-28-20-12-3)93-57-43-37-29-21-13-4/h46-51,60-87,96-103H,10-45,52-59,88-95H2,1-9H3. The molecule has 7 heteroatoms. The van der Waals surface area contributed by atoms with E-state index < -0.39 is 0 Å². The van der Waals surface area contributed by atoms with Crippen LogP contribution in [-0.4, -0.2) is 17.5 Å². The summed E-state index contributed by atoms with van der Waals surface area (Å²) in [6.07, 6.45) is 65.4. The Hall–Kier alpha value is -10.7. The molecule has 0 N–H and O–H groups in total. The van der Waals surface area contributed by atoms with Crippen molar-refractivity contribution in [1.82, 2.24) is 17.5 Å². The van der Waals surface area contributed by atoms with Crippen LogP contribution in [0.5, 0.6) is 0 Å². The highest BCUT2D eigenvalue weighted by molar-refractivity contribution is 7.00. The minimum absolute atomic E-state index is 0.107. The van der Waals surface area contributed by atoms with Crippen molar-refractivity contribution in [1.29, 1.82) is 0 Å². The summed E-state index contributed by atoms with van der Waals surface area (Å²) < 4.78 is 20.7. The lowest BCUT2D eigenvalue weighted by Crippen LogP contribution is -2.26. The van der Waals surface area contributed by atoms with E-state index in [4.69, 9.17) is 17.5 Å². The molecule has 4 aliphatic rings. The molecular weight excluding hydrogens is 1850 g/mol. The Kier molecular flexibility index (Phi) is 37.2. The number of unbranched alkanes of at least 4 members (excludes halogenated alkanes) is 36. The van der Waals surface area contributed by atoms with E-state index in [0.717, 1.165) is 64.8 Å². The van der Waals surface area contributed by atoms with Gasteiger partial charge in [0.1, 0.15) is 22.1 Å².